The fourth-order valence-corrected chi connectivity index (χ4v) is 4.64. The van der Waals surface area contributed by atoms with Crippen molar-refractivity contribution in [2.24, 2.45) is 23.7 Å². The Hall–Kier alpha value is -4.41. The summed E-state index contributed by atoms with van der Waals surface area (Å²) in [6.07, 6.45) is 0. The number of rotatable bonds is 20. The van der Waals surface area contributed by atoms with Gasteiger partial charge in [-0.25, -0.2) is 0 Å². The number of hydrogen-bond donors (Lipinski definition) is 0. The Labute approximate surface area is 261 Å². The lowest BCUT2D eigenvalue weighted by atomic mass is 10.0. The Kier molecular flexibility index (Phi) is 16.6. The van der Waals surface area contributed by atoms with Crippen molar-refractivity contribution in [2.45, 2.75) is 66.3 Å². The van der Waals surface area contributed by atoms with E-state index in [1.807, 2.05) is 0 Å². The minimum atomic E-state index is -1.93. The maximum atomic E-state index is 12.7. The van der Waals surface area contributed by atoms with E-state index in [4.69, 9.17) is 18.9 Å². The van der Waals surface area contributed by atoms with Crippen LogP contribution in [0.25, 0.3) is 0 Å². The van der Waals surface area contributed by atoms with Crippen molar-refractivity contribution in [3.63, 3.8) is 0 Å². The average Bonchev–Trinajstić information content (AvgIpc) is 2.83. The van der Waals surface area contributed by atoms with Crippen LogP contribution in [0.15, 0.2) is 0 Å². The van der Waals surface area contributed by atoms with Crippen molar-refractivity contribution >= 4 is 81.9 Å². The Balaban J connectivity index is 6.56. The first-order valence-corrected chi connectivity index (χ1v) is 14.0. The molecule has 2 atom stereocenters. The standard InChI is InChI=1S/C28H34O16S/c1-11(29)21(12(2)30)25(37)41-9-19(43-27(39)23(15(5)33)16(6)34)45-20(44-28(40)24(17(7)35)18(8)36)10-42-26(38)22(13(3)31)14(4)32/h19-24H,9-10H2,1-8H3. The predicted octanol–water partition coefficient (Wildman–Crippen LogP) is -0.279. The van der Waals surface area contributed by atoms with Crippen LogP contribution in [-0.2, 0) is 76.5 Å². The molecule has 45 heavy (non-hydrogen) atoms. The lowest BCUT2D eigenvalue weighted by molar-refractivity contribution is -0.165. The molecule has 0 heterocycles. The van der Waals surface area contributed by atoms with Crippen molar-refractivity contribution in [2.75, 3.05) is 13.2 Å². The predicted molar refractivity (Wildman–Crippen MR) is 149 cm³/mol. The molecule has 0 aromatic carbocycles. The van der Waals surface area contributed by atoms with Crippen LogP contribution >= 0.6 is 11.8 Å². The smallest absolute Gasteiger partial charge is 0.325 e. The van der Waals surface area contributed by atoms with Crippen molar-refractivity contribution in [3.8, 4) is 0 Å². The molecule has 0 aromatic heterocycles. The van der Waals surface area contributed by atoms with Gasteiger partial charge in [0.2, 0.25) is 0 Å². The minimum absolute atomic E-state index is 0.244. The van der Waals surface area contributed by atoms with Gasteiger partial charge in [0.25, 0.3) is 0 Å². The first kappa shape index (κ1) is 40.6. The third-order valence-electron chi connectivity index (χ3n) is 5.72. The molecule has 0 bridgehead atoms. The quantitative estimate of drug-likeness (QED) is 0.0706. The van der Waals surface area contributed by atoms with Crippen LogP contribution in [0, 0.1) is 23.7 Å². The minimum Gasteiger partial charge on any atom is -0.460 e. The molecule has 0 amide bonds. The van der Waals surface area contributed by atoms with E-state index in [-0.39, 0.29) is 11.8 Å². The summed E-state index contributed by atoms with van der Waals surface area (Å²) in [5.74, 6) is -20.5. The van der Waals surface area contributed by atoms with Crippen LogP contribution in [0.3, 0.4) is 0 Å². The van der Waals surface area contributed by atoms with Crippen LogP contribution in [-0.4, -0.2) is 94.2 Å². The van der Waals surface area contributed by atoms with E-state index in [1.54, 1.807) is 0 Å². The molecule has 0 fully saturated rings. The topological polar surface area (TPSA) is 242 Å². The van der Waals surface area contributed by atoms with Gasteiger partial charge in [0.05, 0.1) is 0 Å². The number of Topliss-reactive ketones (excluding diaryl/α,β-unsaturated/α-hetero) is 8. The number of carbonyl (C=O) groups excluding carboxylic acids is 12. The van der Waals surface area contributed by atoms with Gasteiger partial charge in [0, 0.05) is 0 Å². The molecular weight excluding hydrogens is 624 g/mol. The molecule has 0 N–H and O–H groups in total. The van der Waals surface area contributed by atoms with E-state index in [1.165, 1.54) is 0 Å². The number of carbonyl (C=O) groups is 12. The average molecular weight is 659 g/mol. The molecule has 0 radical (unpaired) electrons. The Morgan fingerprint density at radius 2 is 0.578 bits per heavy atom. The first-order valence-electron chi connectivity index (χ1n) is 13.1. The van der Waals surface area contributed by atoms with Gasteiger partial charge in [-0.1, -0.05) is 11.8 Å². The van der Waals surface area contributed by atoms with E-state index in [2.05, 4.69) is 0 Å². The maximum Gasteiger partial charge on any atom is 0.325 e. The third-order valence-corrected chi connectivity index (χ3v) is 6.79. The summed E-state index contributed by atoms with van der Waals surface area (Å²) in [5.41, 5.74) is -3.63. The van der Waals surface area contributed by atoms with Gasteiger partial charge in [-0.05, 0) is 55.4 Å². The zero-order chi connectivity index (χ0) is 35.3. The number of thioether (sulfide) groups is 1. The van der Waals surface area contributed by atoms with Gasteiger partial charge in [-0.2, -0.15) is 0 Å². The molecule has 0 aliphatic carbocycles. The highest BCUT2D eigenvalue weighted by Gasteiger charge is 2.38. The molecule has 0 aliphatic heterocycles. The zero-order valence-corrected chi connectivity index (χ0v) is 26.6. The SMILES string of the molecule is CC(=O)C(C(C)=O)C(=O)OCC(OC(=O)C(C(C)=O)C(C)=O)SC(COC(=O)C(C(C)=O)C(C)=O)OC(=O)C(C(C)=O)C(C)=O. The summed E-state index contributed by atoms with van der Waals surface area (Å²) in [7, 11) is 0. The van der Waals surface area contributed by atoms with E-state index in [9.17, 15) is 57.5 Å². The summed E-state index contributed by atoms with van der Waals surface area (Å²) in [6.45, 7) is 5.39. The second-order valence-corrected chi connectivity index (χ2v) is 11.1. The molecule has 16 nitrogen and oxygen atoms in total. The molecule has 17 heteroatoms. The van der Waals surface area contributed by atoms with Crippen molar-refractivity contribution < 1.29 is 76.5 Å². The van der Waals surface area contributed by atoms with Crippen molar-refractivity contribution in [1.29, 1.82) is 0 Å². The molecule has 0 rings (SSSR count). The molecule has 2 unspecified atom stereocenters. The second-order valence-electron chi connectivity index (χ2n) is 9.75. The number of esters is 4. The van der Waals surface area contributed by atoms with E-state index < -0.39 is 118 Å². The van der Waals surface area contributed by atoms with Gasteiger partial charge in [0.15, 0.2) is 80.8 Å². The lowest BCUT2D eigenvalue weighted by Crippen LogP contribution is -2.39. The summed E-state index contributed by atoms with van der Waals surface area (Å²) >= 11 is 0.244. The van der Waals surface area contributed by atoms with Gasteiger partial charge in [0.1, 0.15) is 13.2 Å². The van der Waals surface area contributed by atoms with Crippen LogP contribution in [0.4, 0.5) is 0 Å². The Morgan fingerprint density at radius 3 is 0.778 bits per heavy atom. The fraction of sp³-hybridized carbons (Fsp3) is 0.571. The molecular formula is C28H34O16S. The molecule has 0 saturated carbocycles. The second kappa shape index (κ2) is 18.4. The number of hydrogen-bond acceptors (Lipinski definition) is 17. The Bertz CT molecular complexity index is 1130. The monoisotopic (exact) mass is 658 g/mol. The third kappa shape index (κ3) is 13.0. The lowest BCUT2D eigenvalue weighted by Gasteiger charge is -2.25. The van der Waals surface area contributed by atoms with Crippen LogP contribution in [0.2, 0.25) is 0 Å². The van der Waals surface area contributed by atoms with Crippen LogP contribution in [0.1, 0.15) is 55.4 Å². The van der Waals surface area contributed by atoms with Crippen molar-refractivity contribution in [1.82, 2.24) is 0 Å². The largest absolute Gasteiger partial charge is 0.460 e. The molecule has 0 spiro atoms. The summed E-state index contributed by atoms with van der Waals surface area (Å²) in [4.78, 5) is 145. The van der Waals surface area contributed by atoms with E-state index >= 15 is 0 Å². The Morgan fingerprint density at radius 1 is 0.378 bits per heavy atom. The molecule has 0 saturated heterocycles. The normalized spacial score (nSPS) is 12.2. The summed E-state index contributed by atoms with van der Waals surface area (Å²) in [6, 6.07) is 0. The highest BCUT2D eigenvalue weighted by molar-refractivity contribution is 8.00. The van der Waals surface area contributed by atoms with Gasteiger partial charge < -0.3 is 18.9 Å². The zero-order valence-electron chi connectivity index (χ0n) is 25.8. The van der Waals surface area contributed by atoms with E-state index in [0.717, 1.165) is 55.4 Å². The highest BCUT2D eigenvalue weighted by atomic mass is 32.2. The fourth-order valence-electron chi connectivity index (χ4n) is 3.71. The summed E-state index contributed by atoms with van der Waals surface area (Å²) < 4.78 is 20.2. The maximum absolute atomic E-state index is 12.7. The van der Waals surface area contributed by atoms with Gasteiger partial charge in [-0.3, -0.25) is 57.5 Å². The van der Waals surface area contributed by atoms with Gasteiger partial charge >= 0.3 is 23.9 Å². The molecule has 0 aromatic rings. The summed E-state index contributed by atoms with van der Waals surface area (Å²) in [5, 5.41) is 0. The van der Waals surface area contributed by atoms with Crippen LogP contribution in [0.5, 0.6) is 0 Å². The molecule has 0 aliphatic rings. The van der Waals surface area contributed by atoms with E-state index in [0.29, 0.717) is 0 Å². The van der Waals surface area contributed by atoms with Gasteiger partial charge in [-0.15, -0.1) is 0 Å². The van der Waals surface area contributed by atoms with Crippen LogP contribution < -0.4 is 0 Å². The molecule has 248 valence electrons. The first-order chi connectivity index (χ1) is 20.6. The highest BCUT2D eigenvalue weighted by Crippen LogP contribution is 2.25. The number of ketones is 8. The number of ether oxygens (including phenoxy) is 4. The van der Waals surface area contributed by atoms with Crippen molar-refractivity contribution in [3.05, 3.63) is 0 Å².